The maximum atomic E-state index is 12.9. The second-order valence-corrected chi connectivity index (χ2v) is 7.32. The third-order valence-corrected chi connectivity index (χ3v) is 5.56. The predicted molar refractivity (Wildman–Crippen MR) is 82.5 cm³/mol. The highest BCUT2D eigenvalue weighted by atomic mass is 32.2. The maximum absolute atomic E-state index is 12.9. The molecule has 0 bridgehead atoms. The second kappa shape index (κ2) is 5.26. The monoisotopic (exact) mass is 341 g/mol. The van der Waals surface area contributed by atoms with Crippen molar-refractivity contribution in [3.05, 3.63) is 54.1 Å². The summed E-state index contributed by atoms with van der Waals surface area (Å²) in [6.07, 6.45) is 0.264. The van der Waals surface area contributed by atoms with Crippen molar-refractivity contribution < 1.29 is 21.6 Å². The highest BCUT2D eigenvalue weighted by Gasteiger charge is 2.53. The molecule has 0 N–H and O–H groups in total. The van der Waals surface area contributed by atoms with Crippen LogP contribution in [0.25, 0.3) is 11.1 Å². The van der Waals surface area contributed by atoms with Crippen molar-refractivity contribution in [2.24, 2.45) is 0 Å². The van der Waals surface area contributed by atoms with E-state index in [0.717, 1.165) is 5.56 Å². The van der Waals surface area contributed by atoms with Gasteiger partial charge in [-0.3, -0.25) is 4.31 Å². The van der Waals surface area contributed by atoms with Crippen LogP contribution in [-0.4, -0.2) is 20.0 Å². The molecule has 1 aliphatic rings. The number of rotatable bonds is 2. The topological polar surface area (TPSA) is 37.4 Å². The van der Waals surface area contributed by atoms with Crippen LogP contribution in [-0.2, 0) is 16.4 Å². The minimum absolute atomic E-state index is 0.108. The zero-order valence-corrected chi connectivity index (χ0v) is 13.0. The van der Waals surface area contributed by atoms with E-state index in [-0.39, 0.29) is 12.1 Å². The predicted octanol–water partition coefficient (Wildman–Crippen LogP) is 3.95. The molecule has 1 atom stereocenters. The van der Waals surface area contributed by atoms with Crippen molar-refractivity contribution in [1.29, 1.82) is 0 Å². The van der Waals surface area contributed by atoms with Crippen LogP contribution in [0.15, 0.2) is 48.5 Å². The number of alkyl halides is 3. The van der Waals surface area contributed by atoms with Gasteiger partial charge < -0.3 is 0 Å². The fourth-order valence-electron chi connectivity index (χ4n) is 2.87. The summed E-state index contributed by atoms with van der Waals surface area (Å²) in [6, 6.07) is 13.3. The van der Waals surface area contributed by atoms with Gasteiger partial charge in [-0.1, -0.05) is 42.5 Å². The molecule has 3 nitrogen and oxygen atoms in total. The quantitative estimate of drug-likeness (QED) is 0.829. The first-order chi connectivity index (χ1) is 10.7. The van der Waals surface area contributed by atoms with Gasteiger partial charge in [0, 0.05) is 6.04 Å². The molecular formula is C16H14F3NO2S. The molecule has 0 fully saturated rings. The van der Waals surface area contributed by atoms with Crippen LogP contribution in [0.2, 0.25) is 0 Å². The Bertz CT molecular complexity index is 832. The molecule has 23 heavy (non-hydrogen) atoms. The van der Waals surface area contributed by atoms with Crippen LogP contribution < -0.4 is 4.31 Å². The number of hydrogen-bond acceptors (Lipinski definition) is 2. The van der Waals surface area contributed by atoms with Crippen molar-refractivity contribution >= 4 is 15.7 Å². The summed E-state index contributed by atoms with van der Waals surface area (Å²) in [5.41, 5.74) is -3.10. The van der Waals surface area contributed by atoms with Gasteiger partial charge >= 0.3 is 15.5 Å². The normalized spacial score (nSPS) is 18.1. The van der Waals surface area contributed by atoms with E-state index in [9.17, 15) is 21.6 Å². The fourth-order valence-corrected chi connectivity index (χ4v) is 4.07. The van der Waals surface area contributed by atoms with E-state index in [1.807, 2.05) is 30.3 Å². The van der Waals surface area contributed by atoms with E-state index in [1.54, 1.807) is 12.1 Å². The van der Waals surface area contributed by atoms with Gasteiger partial charge in [-0.05, 0) is 36.1 Å². The molecule has 0 aromatic heterocycles. The molecule has 0 unspecified atom stereocenters. The Kier molecular flexibility index (Phi) is 3.63. The number of halogens is 3. The lowest BCUT2D eigenvalue weighted by Gasteiger charge is -2.25. The van der Waals surface area contributed by atoms with Crippen LogP contribution in [0.4, 0.5) is 18.9 Å². The van der Waals surface area contributed by atoms with Crippen LogP contribution in [0, 0.1) is 0 Å². The zero-order valence-electron chi connectivity index (χ0n) is 12.2. The van der Waals surface area contributed by atoms with E-state index in [4.69, 9.17) is 0 Å². The van der Waals surface area contributed by atoms with Crippen molar-refractivity contribution in [2.75, 3.05) is 4.31 Å². The molecule has 0 spiro atoms. The van der Waals surface area contributed by atoms with Crippen LogP contribution in [0.5, 0.6) is 0 Å². The standard InChI is InChI=1S/C16H14F3NO2S/c1-11-9-14-8-7-13(12-5-3-2-4-6-12)10-15(14)20(11)23(21,22)16(17,18)19/h2-8,10-11H,9H2,1H3/t11-/m1/s1. The molecular weight excluding hydrogens is 327 g/mol. The number of nitrogens with zero attached hydrogens (tertiary/aromatic N) is 1. The van der Waals surface area contributed by atoms with Crippen LogP contribution in [0.1, 0.15) is 12.5 Å². The lowest BCUT2D eigenvalue weighted by Crippen LogP contribution is -2.43. The first-order valence-corrected chi connectivity index (χ1v) is 8.45. The molecule has 0 radical (unpaired) electrons. The summed E-state index contributed by atoms with van der Waals surface area (Å²) in [5, 5.41) is 0. The molecule has 1 heterocycles. The van der Waals surface area contributed by atoms with Gasteiger partial charge in [0.2, 0.25) is 0 Å². The number of hydrogen-bond donors (Lipinski definition) is 0. The molecule has 3 rings (SSSR count). The molecule has 7 heteroatoms. The van der Waals surface area contributed by atoms with Crippen LogP contribution >= 0.6 is 0 Å². The Morgan fingerprint density at radius 3 is 2.30 bits per heavy atom. The van der Waals surface area contributed by atoms with Crippen molar-refractivity contribution in [3.63, 3.8) is 0 Å². The molecule has 1 aliphatic heterocycles. The van der Waals surface area contributed by atoms with Gasteiger partial charge in [-0.2, -0.15) is 21.6 Å². The number of benzene rings is 2. The molecule has 2 aromatic rings. The van der Waals surface area contributed by atoms with Gasteiger partial charge in [0.25, 0.3) is 0 Å². The number of anilines is 1. The van der Waals surface area contributed by atoms with E-state index in [1.165, 1.54) is 13.0 Å². The largest absolute Gasteiger partial charge is 0.516 e. The summed E-state index contributed by atoms with van der Waals surface area (Å²) in [7, 11) is -5.40. The highest BCUT2D eigenvalue weighted by molar-refractivity contribution is 7.93. The zero-order chi connectivity index (χ0) is 16.8. The highest BCUT2D eigenvalue weighted by Crippen LogP contribution is 2.41. The summed E-state index contributed by atoms with van der Waals surface area (Å²) in [6.45, 7) is 1.48. The lowest BCUT2D eigenvalue weighted by atomic mass is 10.0. The molecule has 0 saturated heterocycles. The third-order valence-electron chi connectivity index (χ3n) is 3.90. The van der Waals surface area contributed by atoms with E-state index >= 15 is 0 Å². The van der Waals surface area contributed by atoms with Gasteiger partial charge in [-0.15, -0.1) is 0 Å². The lowest BCUT2D eigenvalue weighted by molar-refractivity contribution is -0.0439. The van der Waals surface area contributed by atoms with Crippen LogP contribution in [0.3, 0.4) is 0 Å². The summed E-state index contributed by atoms with van der Waals surface area (Å²) in [5.74, 6) is 0. The van der Waals surface area contributed by atoms with Gasteiger partial charge in [0.15, 0.2) is 0 Å². The minimum atomic E-state index is -5.40. The number of sulfonamides is 1. The number of fused-ring (bicyclic) bond motifs is 1. The van der Waals surface area contributed by atoms with E-state index in [0.29, 0.717) is 15.4 Å². The Morgan fingerprint density at radius 1 is 1.04 bits per heavy atom. The molecule has 0 saturated carbocycles. The molecule has 2 aromatic carbocycles. The van der Waals surface area contributed by atoms with Gasteiger partial charge in [0.1, 0.15) is 0 Å². The third kappa shape index (κ3) is 2.59. The first-order valence-electron chi connectivity index (χ1n) is 7.01. The van der Waals surface area contributed by atoms with E-state index in [2.05, 4.69) is 0 Å². The Morgan fingerprint density at radius 2 is 1.70 bits per heavy atom. The Labute approximate surface area is 132 Å². The second-order valence-electron chi connectivity index (χ2n) is 5.51. The van der Waals surface area contributed by atoms with Crippen molar-refractivity contribution in [1.82, 2.24) is 0 Å². The minimum Gasteiger partial charge on any atom is -0.259 e. The van der Waals surface area contributed by atoms with Gasteiger partial charge in [0.05, 0.1) is 5.69 Å². The van der Waals surface area contributed by atoms with Crippen molar-refractivity contribution in [2.45, 2.75) is 24.9 Å². The summed E-state index contributed by atoms with van der Waals surface area (Å²) < 4.78 is 63.1. The summed E-state index contributed by atoms with van der Waals surface area (Å²) >= 11 is 0. The Hall–Kier alpha value is -2.02. The Balaban J connectivity index is 2.13. The first kappa shape index (κ1) is 15.9. The van der Waals surface area contributed by atoms with Crippen molar-refractivity contribution in [3.8, 4) is 11.1 Å². The molecule has 122 valence electrons. The average Bonchev–Trinajstić information content (AvgIpc) is 2.82. The summed E-state index contributed by atoms with van der Waals surface area (Å²) in [4.78, 5) is 0. The SMILES string of the molecule is C[C@@H]1Cc2ccc(-c3ccccc3)cc2N1S(=O)(=O)C(F)(F)F. The smallest absolute Gasteiger partial charge is 0.259 e. The maximum Gasteiger partial charge on any atom is 0.516 e. The van der Waals surface area contributed by atoms with Gasteiger partial charge in [-0.25, -0.2) is 0 Å². The molecule has 0 amide bonds. The van der Waals surface area contributed by atoms with E-state index < -0.39 is 21.6 Å². The fraction of sp³-hybridized carbons (Fsp3) is 0.250. The molecule has 0 aliphatic carbocycles. The average molecular weight is 341 g/mol.